The zero-order valence-corrected chi connectivity index (χ0v) is 17.9. The maximum absolute atomic E-state index is 13.4. The Balaban J connectivity index is 1.85. The molecule has 1 saturated carbocycles. The Morgan fingerprint density at radius 2 is 1.77 bits per heavy atom. The first-order chi connectivity index (χ1) is 14.3. The summed E-state index contributed by atoms with van der Waals surface area (Å²) in [5.74, 6) is 0.703. The number of anilines is 1. The molecule has 2 aromatic carbocycles. The molecular formula is C23H24F3N3S. The number of hydrogen-bond acceptors (Lipinski definition) is 3. The molecule has 0 radical (unpaired) electrons. The summed E-state index contributed by atoms with van der Waals surface area (Å²) in [5.41, 5.74) is 1.30. The smallest absolute Gasteiger partial charge is 0.307 e. The third kappa shape index (κ3) is 3.87. The highest BCUT2D eigenvalue weighted by atomic mass is 32.2. The van der Waals surface area contributed by atoms with E-state index in [2.05, 4.69) is 0 Å². The highest BCUT2D eigenvalue weighted by molar-refractivity contribution is 8.13. The summed E-state index contributed by atoms with van der Waals surface area (Å²) in [6, 6.07) is 13.5. The molecule has 1 aliphatic carbocycles. The molecule has 2 aliphatic rings. The molecule has 1 fully saturated rings. The van der Waals surface area contributed by atoms with Crippen LogP contribution >= 0.6 is 11.8 Å². The monoisotopic (exact) mass is 431 g/mol. The molecule has 0 atom stereocenters. The molecule has 0 aromatic heterocycles. The van der Waals surface area contributed by atoms with Crippen LogP contribution in [-0.2, 0) is 6.18 Å². The molecule has 0 bridgehead atoms. The van der Waals surface area contributed by atoms with Gasteiger partial charge in [-0.05, 0) is 61.9 Å². The van der Waals surface area contributed by atoms with Crippen LogP contribution in [0.25, 0.3) is 0 Å². The standard InChI is InChI=1S/C23H24F3N3S/c1-16-8-6-10-18(14-16)27-20-22(12-4-3-5-13-22)29(21(28-20)30-2)19-11-7-9-17(15-19)23(24,25)26/h6-11,14-15H,3-5,12-13H2,1-2H3. The Kier molecular flexibility index (Phi) is 5.66. The number of nitrogens with zero attached hydrogens (tertiary/aromatic N) is 3. The van der Waals surface area contributed by atoms with Crippen LogP contribution in [0.4, 0.5) is 24.5 Å². The van der Waals surface area contributed by atoms with E-state index in [1.807, 2.05) is 42.3 Å². The minimum absolute atomic E-state index is 0.509. The van der Waals surface area contributed by atoms with Gasteiger partial charge in [-0.3, -0.25) is 0 Å². The minimum Gasteiger partial charge on any atom is -0.307 e. The molecular weight excluding hydrogens is 407 g/mol. The molecule has 7 heteroatoms. The van der Waals surface area contributed by atoms with Gasteiger partial charge in [0, 0.05) is 5.69 Å². The fourth-order valence-electron chi connectivity index (χ4n) is 4.38. The summed E-state index contributed by atoms with van der Waals surface area (Å²) < 4.78 is 40.2. The zero-order chi connectivity index (χ0) is 21.4. The van der Waals surface area contributed by atoms with Crippen molar-refractivity contribution in [3.63, 3.8) is 0 Å². The molecule has 30 heavy (non-hydrogen) atoms. The van der Waals surface area contributed by atoms with Gasteiger partial charge in [-0.2, -0.15) is 13.2 Å². The van der Waals surface area contributed by atoms with Crippen molar-refractivity contribution in [3.05, 3.63) is 59.7 Å². The van der Waals surface area contributed by atoms with E-state index in [4.69, 9.17) is 9.98 Å². The van der Waals surface area contributed by atoms with E-state index in [-0.39, 0.29) is 0 Å². The number of rotatable bonds is 2. The summed E-state index contributed by atoms with van der Waals surface area (Å²) in [5, 5.41) is 0.697. The van der Waals surface area contributed by atoms with E-state index in [1.54, 1.807) is 6.07 Å². The Bertz CT molecular complexity index is 991. The number of benzene rings is 2. The highest BCUT2D eigenvalue weighted by Crippen LogP contribution is 2.45. The van der Waals surface area contributed by atoms with Crippen molar-refractivity contribution in [2.24, 2.45) is 9.98 Å². The first-order valence-corrected chi connectivity index (χ1v) is 11.3. The summed E-state index contributed by atoms with van der Waals surface area (Å²) >= 11 is 1.45. The topological polar surface area (TPSA) is 28.0 Å². The third-order valence-electron chi connectivity index (χ3n) is 5.77. The molecule has 0 unspecified atom stereocenters. The molecule has 3 nitrogen and oxygen atoms in total. The Morgan fingerprint density at radius 1 is 1.03 bits per heavy atom. The van der Waals surface area contributed by atoms with Gasteiger partial charge in [0.1, 0.15) is 5.54 Å². The van der Waals surface area contributed by atoms with Crippen molar-refractivity contribution in [2.45, 2.75) is 50.7 Å². The van der Waals surface area contributed by atoms with Crippen LogP contribution in [0.5, 0.6) is 0 Å². The van der Waals surface area contributed by atoms with Gasteiger partial charge < -0.3 is 4.90 Å². The van der Waals surface area contributed by atoms with Crippen LogP contribution < -0.4 is 4.90 Å². The van der Waals surface area contributed by atoms with Crippen molar-refractivity contribution in [3.8, 4) is 0 Å². The van der Waals surface area contributed by atoms with Crippen molar-refractivity contribution in [1.29, 1.82) is 0 Å². The van der Waals surface area contributed by atoms with Gasteiger partial charge in [0.25, 0.3) is 0 Å². The number of aliphatic imine (C=N–C) groups is 2. The quantitative estimate of drug-likeness (QED) is 0.513. The lowest BCUT2D eigenvalue weighted by atomic mass is 9.79. The van der Waals surface area contributed by atoms with E-state index in [0.717, 1.165) is 49.4 Å². The second-order valence-electron chi connectivity index (χ2n) is 7.85. The Hall–Kier alpha value is -2.28. The maximum Gasteiger partial charge on any atom is 0.416 e. The molecule has 0 saturated heterocycles. The first-order valence-electron chi connectivity index (χ1n) is 10.1. The fourth-order valence-corrected chi connectivity index (χ4v) is 5.02. The zero-order valence-electron chi connectivity index (χ0n) is 17.0. The molecule has 0 amide bonds. The van der Waals surface area contributed by atoms with Gasteiger partial charge in [-0.15, -0.1) is 0 Å². The van der Waals surface area contributed by atoms with Crippen molar-refractivity contribution < 1.29 is 13.2 Å². The maximum atomic E-state index is 13.4. The highest BCUT2D eigenvalue weighted by Gasteiger charge is 2.49. The van der Waals surface area contributed by atoms with E-state index < -0.39 is 17.3 Å². The summed E-state index contributed by atoms with van der Waals surface area (Å²) in [4.78, 5) is 11.7. The minimum atomic E-state index is -4.38. The van der Waals surface area contributed by atoms with Crippen LogP contribution in [0.1, 0.15) is 43.2 Å². The molecule has 158 valence electrons. The summed E-state index contributed by atoms with van der Waals surface area (Å²) in [6.45, 7) is 2.01. The number of aryl methyl sites for hydroxylation is 1. The van der Waals surface area contributed by atoms with Crippen molar-refractivity contribution in [2.75, 3.05) is 11.2 Å². The molecule has 4 rings (SSSR count). The second kappa shape index (κ2) is 8.10. The number of thioether (sulfide) groups is 1. The van der Waals surface area contributed by atoms with Gasteiger partial charge in [0.15, 0.2) is 11.0 Å². The normalized spacial score (nSPS) is 20.1. The largest absolute Gasteiger partial charge is 0.416 e. The van der Waals surface area contributed by atoms with Crippen LogP contribution in [-0.4, -0.2) is 22.8 Å². The van der Waals surface area contributed by atoms with Crippen LogP contribution in [0, 0.1) is 6.92 Å². The molecule has 1 spiro atoms. The summed E-state index contributed by atoms with van der Waals surface area (Å²) in [7, 11) is 0. The van der Waals surface area contributed by atoms with Gasteiger partial charge in [0.05, 0.1) is 11.3 Å². The predicted molar refractivity (Wildman–Crippen MR) is 119 cm³/mol. The van der Waals surface area contributed by atoms with E-state index in [1.165, 1.54) is 23.9 Å². The lowest BCUT2D eigenvalue weighted by Gasteiger charge is -2.42. The average Bonchev–Trinajstić information content (AvgIpc) is 3.00. The average molecular weight is 432 g/mol. The first kappa shape index (κ1) is 21.0. The van der Waals surface area contributed by atoms with E-state index in [9.17, 15) is 13.2 Å². The SMILES string of the molecule is CSC1=NC(=Nc2cccc(C)c2)C2(CCCCC2)N1c1cccc(C(F)(F)F)c1. The number of halogens is 3. The molecule has 1 heterocycles. The third-order valence-corrected chi connectivity index (χ3v) is 6.41. The van der Waals surface area contributed by atoms with Gasteiger partial charge in [-0.25, -0.2) is 9.98 Å². The van der Waals surface area contributed by atoms with Crippen molar-refractivity contribution >= 4 is 34.1 Å². The number of amidine groups is 2. The lowest BCUT2D eigenvalue weighted by Crippen LogP contribution is -2.52. The fraction of sp³-hybridized carbons (Fsp3) is 0.391. The van der Waals surface area contributed by atoms with Crippen LogP contribution in [0.15, 0.2) is 58.5 Å². The predicted octanol–water partition coefficient (Wildman–Crippen LogP) is 6.99. The van der Waals surface area contributed by atoms with Crippen LogP contribution in [0.3, 0.4) is 0 Å². The Labute approximate surface area is 179 Å². The second-order valence-corrected chi connectivity index (χ2v) is 8.62. The van der Waals surface area contributed by atoms with E-state index >= 15 is 0 Å². The molecule has 1 aliphatic heterocycles. The Morgan fingerprint density at radius 3 is 2.43 bits per heavy atom. The van der Waals surface area contributed by atoms with Crippen molar-refractivity contribution in [1.82, 2.24) is 0 Å². The van der Waals surface area contributed by atoms with Gasteiger partial charge in [-0.1, -0.05) is 49.2 Å². The van der Waals surface area contributed by atoms with Gasteiger partial charge in [0.2, 0.25) is 0 Å². The molecule has 0 N–H and O–H groups in total. The van der Waals surface area contributed by atoms with E-state index in [0.29, 0.717) is 16.7 Å². The molecule has 2 aromatic rings. The lowest BCUT2D eigenvalue weighted by molar-refractivity contribution is -0.137. The summed E-state index contributed by atoms with van der Waals surface area (Å²) in [6.07, 6.45) is 2.28. The number of alkyl halides is 3. The number of hydrogen-bond donors (Lipinski definition) is 0. The van der Waals surface area contributed by atoms with Gasteiger partial charge >= 0.3 is 6.18 Å². The van der Waals surface area contributed by atoms with Crippen LogP contribution in [0.2, 0.25) is 0 Å².